The van der Waals surface area contributed by atoms with Gasteiger partial charge >= 0.3 is 12.1 Å². The van der Waals surface area contributed by atoms with Crippen molar-refractivity contribution in [1.29, 1.82) is 0 Å². The van der Waals surface area contributed by atoms with Gasteiger partial charge in [0.25, 0.3) is 0 Å². The Balaban J connectivity index is 2.04. The molecule has 1 aromatic carbocycles. The Bertz CT molecular complexity index is 760. The van der Waals surface area contributed by atoms with Gasteiger partial charge in [-0.3, -0.25) is 0 Å². The van der Waals surface area contributed by atoms with Gasteiger partial charge in [0.05, 0.1) is 18.8 Å². The number of ether oxygens (including phenoxy) is 2. The zero-order valence-electron chi connectivity index (χ0n) is 19.9. The number of alkyl carbamates (subject to hydrolysis) is 1. The lowest BCUT2D eigenvalue weighted by Crippen LogP contribution is -2.59. The van der Waals surface area contributed by atoms with Crippen LogP contribution in [-0.2, 0) is 16.1 Å². The molecule has 1 atom stereocenters. The van der Waals surface area contributed by atoms with Crippen molar-refractivity contribution in [2.45, 2.75) is 65.9 Å². The first-order valence-corrected chi connectivity index (χ1v) is 10.9. The normalized spacial score (nSPS) is 17.5. The molecule has 0 bridgehead atoms. The molecule has 2 rings (SSSR count). The Hall–Kier alpha value is -2.32. The number of benzene rings is 1. The number of amides is 3. The molecule has 31 heavy (non-hydrogen) atoms. The monoisotopic (exact) mass is 434 g/mol. The average Bonchev–Trinajstić information content (AvgIpc) is 2.65. The molecule has 8 nitrogen and oxygen atoms in total. The first-order chi connectivity index (χ1) is 14.5. The molecule has 0 radical (unpaired) electrons. The van der Waals surface area contributed by atoms with Crippen LogP contribution >= 0.6 is 0 Å². The maximum Gasteiger partial charge on any atom is 0.407 e. The number of hydrogen-bond donors (Lipinski definition) is 2. The van der Waals surface area contributed by atoms with E-state index < -0.39 is 11.7 Å². The molecule has 3 amide bonds. The van der Waals surface area contributed by atoms with Crippen LogP contribution in [0, 0.1) is 6.92 Å². The SMILES string of the molecule is Cc1c(COC(C)C)cccc1NC(=O)N1CCN(C)CC1CNC(=O)OC(C)(C)C. The number of anilines is 1. The van der Waals surface area contributed by atoms with Crippen LogP contribution in [0.15, 0.2) is 18.2 Å². The largest absolute Gasteiger partial charge is 0.444 e. The van der Waals surface area contributed by atoms with Crippen molar-refractivity contribution in [3.8, 4) is 0 Å². The molecule has 1 heterocycles. The van der Waals surface area contributed by atoms with Crippen molar-refractivity contribution in [2.75, 3.05) is 38.5 Å². The Morgan fingerprint density at radius 3 is 2.58 bits per heavy atom. The van der Waals surface area contributed by atoms with Gasteiger partial charge in [0.2, 0.25) is 0 Å². The van der Waals surface area contributed by atoms with E-state index in [4.69, 9.17) is 9.47 Å². The van der Waals surface area contributed by atoms with Crippen LogP contribution in [0.5, 0.6) is 0 Å². The number of carbonyl (C=O) groups is 2. The summed E-state index contributed by atoms with van der Waals surface area (Å²) in [7, 11) is 2.01. The third kappa shape index (κ3) is 8.03. The van der Waals surface area contributed by atoms with Crippen molar-refractivity contribution >= 4 is 17.8 Å². The molecule has 1 fully saturated rings. The highest BCUT2D eigenvalue weighted by Crippen LogP contribution is 2.21. The van der Waals surface area contributed by atoms with Gasteiger partial charge in [-0.15, -0.1) is 0 Å². The van der Waals surface area contributed by atoms with E-state index >= 15 is 0 Å². The molecule has 0 aromatic heterocycles. The number of rotatable bonds is 6. The number of urea groups is 1. The molecule has 0 aliphatic carbocycles. The number of piperazine rings is 1. The van der Waals surface area contributed by atoms with E-state index in [1.165, 1.54) is 0 Å². The highest BCUT2D eigenvalue weighted by atomic mass is 16.6. The Morgan fingerprint density at radius 2 is 1.94 bits per heavy atom. The van der Waals surface area contributed by atoms with Gasteiger partial charge in [-0.1, -0.05) is 12.1 Å². The zero-order chi connectivity index (χ0) is 23.2. The second kappa shape index (κ2) is 10.8. The molecular weight excluding hydrogens is 396 g/mol. The van der Waals surface area contributed by atoms with Crippen LogP contribution in [0.4, 0.5) is 15.3 Å². The molecule has 1 aliphatic heterocycles. The summed E-state index contributed by atoms with van der Waals surface area (Å²) in [4.78, 5) is 29.1. The minimum Gasteiger partial charge on any atom is -0.444 e. The van der Waals surface area contributed by atoms with Crippen LogP contribution < -0.4 is 10.6 Å². The standard InChI is InChI=1S/C23H38N4O4/c1-16(2)30-15-18-9-8-10-20(17(18)3)25-21(28)27-12-11-26(7)14-19(27)13-24-22(29)31-23(4,5)6/h8-10,16,19H,11-15H2,1-7H3,(H,24,29)(H,25,28). The van der Waals surface area contributed by atoms with Crippen molar-refractivity contribution in [3.63, 3.8) is 0 Å². The molecule has 1 unspecified atom stereocenters. The van der Waals surface area contributed by atoms with Crippen LogP contribution in [0.1, 0.15) is 45.7 Å². The number of hydrogen-bond acceptors (Lipinski definition) is 5. The molecular formula is C23H38N4O4. The van der Waals surface area contributed by atoms with Crippen LogP contribution in [0.2, 0.25) is 0 Å². The van der Waals surface area contributed by atoms with Crippen molar-refractivity contribution in [3.05, 3.63) is 29.3 Å². The number of likely N-dealkylation sites (N-methyl/N-ethyl adjacent to an activating group) is 1. The molecule has 1 saturated heterocycles. The first kappa shape index (κ1) is 24.9. The van der Waals surface area contributed by atoms with Crippen LogP contribution in [0.25, 0.3) is 0 Å². The van der Waals surface area contributed by atoms with E-state index in [0.29, 0.717) is 26.2 Å². The first-order valence-electron chi connectivity index (χ1n) is 10.9. The minimum absolute atomic E-state index is 0.140. The topological polar surface area (TPSA) is 83.1 Å². The summed E-state index contributed by atoms with van der Waals surface area (Å²) in [6, 6.07) is 5.51. The number of nitrogens with zero attached hydrogens (tertiary/aromatic N) is 2. The van der Waals surface area contributed by atoms with Gasteiger partial charge in [-0.25, -0.2) is 9.59 Å². The van der Waals surface area contributed by atoms with E-state index in [1.807, 2.05) is 66.8 Å². The molecule has 1 aromatic rings. The summed E-state index contributed by atoms with van der Waals surface area (Å²) in [5, 5.41) is 5.85. The fraction of sp³-hybridized carbons (Fsp3) is 0.652. The van der Waals surface area contributed by atoms with Crippen LogP contribution in [0.3, 0.4) is 0 Å². The van der Waals surface area contributed by atoms with Gasteiger partial charge in [0, 0.05) is 31.9 Å². The van der Waals surface area contributed by atoms with Crippen molar-refractivity contribution in [2.24, 2.45) is 0 Å². The highest BCUT2D eigenvalue weighted by molar-refractivity contribution is 5.90. The van der Waals surface area contributed by atoms with Gasteiger partial charge < -0.3 is 29.9 Å². The van der Waals surface area contributed by atoms with E-state index in [2.05, 4.69) is 15.5 Å². The van der Waals surface area contributed by atoms with Crippen molar-refractivity contribution in [1.82, 2.24) is 15.1 Å². The smallest absolute Gasteiger partial charge is 0.407 e. The fourth-order valence-electron chi connectivity index (χ4n) is 3.39. The van der Waals surface area contributed by atoms with Crippen LogP contribution in [-0.4, -0.2) is 72.9 Å². The summed E-state index contributed by atoms with van der Waals surface area (Å²) in [5.74, 6) is 0. The summed E-state index contributed by atoms with van der Waals surface area (Å²) >= 11 is 0. The maximum absolute atomic E-state index is 13.1. The second-order valence-electron chi connectivity index (χ2n) is 9.37. The zero-order valence-corrected chi connectivity index (χ0v) is 19.9. The van der Waals surface area contributed by atoms with Gasteiger partial charge in [-0.2, -0.15) is 0 Å². The van der Waals surface area contributed by atoms with E-state index in [9.17, 15) is 9.59 Å². The van der Waals surface area contributed by atoms with Gasteiger partial charge in [0.1, 0.15) is 5.60 Å². The number of nitrogens with one attached hydrogen (secondary N) is 2. The van der Waals surface area contributed by atoms with E-state index in [1.54, 1.807) is 4.90 Å². The third-order valence-electron chi connectivity index (χ3n) is 5.09. The lowest BCUT2D eigenvalue weighted by molar-refractivity contribution is 0.0490. The third-order valence-corrected chi connectivity index (χ3v) is 5.09. The summed E-state index contributed by atoms with van der Waals surface area (Å²) < 4.78 is 11.0. The summed E-state index contributed by atoms with van der Waals surface area (Å²) in [6.45, 7) is 14.3. The second-order valence-corrected chi connectivity index (χ2v) is 9.37. The lowest BCUT2D eigenvalue weighted by Gasteiger charge is -2.40. The molecule has 2 N–H and O–H groups in total. The average molecular weight is 435 g/mol. The predicted octanol–water partition coefficient (Wildman–Crippen LogP) is 3.59. The Morgan fingerprint density at radius 1 is 1.23 bits per heavy atom. The molecule has 0 spiro atoms. The van der Waals surface area contributed by atoms with Gasteiger partial charge in [-0.05, 0) is 65.8 Å². The predicted molar refractivity (Wildman–Crippen MR) is 122 cm³/mol. The Labute approximate surface area is 186 Å². The lowest BCUT2D eigenvalue weighted by atomic mass is 10.1. The highest BCUT2D eigenvalue weighted by Gasteiger charge is 2.30. The molecule has 0 saturated carbocycles. The molecule has 1 aliphatic rings. The maximum atomic E-state index is 13.1. The van der Waals surface area contributed by atoms with E-state index in [-0.39, 0.29) is 18.2 Å². The summed E-state index contributed by atoms with van der Waals surface area (Å²) in [5.41, 5.74) is 2.25. The summed E-state index contributed by atoms with van der Waals surface area (Å²) in [6.07, 6.45) is -0.337. The Kier molecular flexibility index (Phi) is 8.70. The molecule has 174 valence electrons. The van der Waals surface area contributed by atoms with Gasteiger partial charge in [0.15, 0.2) is 0 Å². The van der Waals surface area contributed by atoms with E-state index in [0.717, 1.165) is 23.4 Å². The minimum atomic E-state index is -0.563. The molecule has 8 heteroatoms. The number of carbonyl (C=O) groups excluding carboxylic acids is 2. The fourth-order valence-corrected chi connectivity index (χ4v) is 3.39. The quantitative estimate of drug-likeness (QED) is 0.715. The van der Waals surface area contributed by atoms with Crippen molar-refractivity contribution < 1.29 is 19.1 Å².